The largest absolute Gasteiger partial charge is 0.388 e. The van der Waals surface area contributed by atoms with Gasteiger partial charge in [-0.05, 0) is 37.9 Å². The first-order valence-corrected chi connectivity index (χ1v) is 6.28. The number of hydrogen-bond acceptors (Lipinski definition) is 2. The molecule has 1 saturated heterocycles. The number of aliphatic hydroxyl groups is 1. The molecule has 1 aromatic carbocycles. The molecule has 4 heteroatoms. The molecule has 0 radical (unpaired) electrons. The Labute approximate surface area is 106 Å². The van der Waals surface area contributed by atoms with Gasteiger partial charge in [0.2, 0.25) is 0 Å². The summed E-state index contributed by atoms with van der Waals surface area (Å²) in [7, 11) is 0. The maximum Gasteiger partial charge on any atom is 0.0834 e. The van der Waals surface area contributed by atoms with Crippen LogP contribution in [0.25, 0.3) is 0 Å². The smallest absolute Gasteiger partial charge is 0.0834 e. The SMILES string of the molecule is OC(c1cccc(Cl)c1Cl)C1CCNCC1. The molecule has 1 unspecified atom stereocenters. The number of nitrogens with one attached hydrogen (secondary N) is 1. The zero-order valence-electron chi connectivity index (χ0n) is 8.92. The third-order valence-corrected chi connectivity index (χ3v) is 3.96. The lowest BCUT2D eigenvalue weighted by Crippen LogP contribution is -2.30. The second kappa shape index (κ2) is 5.37. The summed E-state index contributed by atoms with van der Waals surface area (Å²) >= 11 is 12.0. The maximum absolute atomic E-state index is 10.3. The highest BCUT2D eigenvalue weighted by Gasteiger charge is 2.24. The summed E-state index contributed by atoms with van der Waals surface area (Å²) < 4.78 is 0. The van der Waals surface area contributed by atoms with Crippen molar-refractivity contribution in [3.05, 3.63) is 33.8 Å². The molecule has 1 aliphatic rings. The van der Waals surface area contributed by atoms with Crippen LogP contribution in [-0.2, 0) is 0 Å². The van der Waals surface area contributed by atoms with Crippen LogP contribution in [0.4, 0.5) is 0 Å². The molecule has 88 valence electrons. The van der Waals surface area contributed by atoms with E-state index in [-0.39, 0.29) is 5.92 Å². The molecular weight excluding hydrogens is 245 g/mol. The second-order valence-corrected chi connectivity index (χ2v) is 4.96. The molecule has 16 heavy (non-hydrogen) atoms. The molecule has 0 aliphatic carbocycles. The highest BCUT2D eigenvalue weighted by atomic mass is 35.5. The van der Waals surface area contributed by atoms with Gasteiger partial charge in [-0.2, -0.15) is 0 Å². The molecule has 0 bridgehead atoms. The van der Waals surface area contributed by atoms with Gasteiger partial charge in [0, 0.05) is 5.56 Å². The van der Waals surface area contributed by atoms with Crippen molar-refractivity contribution in [2.75, 3.05) is 13.1 Å². The van der Waals surface area contributed by atoms with Crippen molar-refractivity contribution in [2.45, 2.75) is 18.9 Å². The third kappa shape index (κ3) is 2.51. The molecule has 0 saturated carbocycles. The monoisotopic (exact) mass is 259 g/mol. The Bertz CT molecular complexity index is 364. The van der Waals surface area contributed by atoms with Gasteiger partial charge in [-0.3, -0.25) is 0 Å². The van der Waals surface area contributed by atoms with Gasteiger partial charge in [-0.25, -0.2) is 0 Å². The standard InChI is InChI=1S/C12H15Cl2NO/c13-10-3-1-2-9(11(10)14)12(16)8-4-6-15-7-5-8/h1-3,8,12,15-16H,4-7H2. The van der Waals surface area contributed by atoms with E-state index in [2.05, 4.69) is 5.32 Å². The van der Waals surface area contributed by atoms with E-state index in [1.807, 2.05) is 12.1 Å². The molecular formula is C12H15Cl2NO. The van der Waals surface area contributed by atoms with Crippen molar-refractivity contribution in [2.24, 2.45) is 5.92 Å². The number of halogens is 2. The Hall–Kier alpha value is -0.280. The highest BCUT2D eigenvalue weighted by Crippen LogP contribution is 2.35. The second-order valence-electron chi connectivity index (χ2n) is 4.18. The quantitative estimate of drug-likeness (QED) is 0.856. The summed E-state index contributed by atoms with van der Waals surface area (Å²) in [5.41, 5.74) is 0.751. The molecule has 1 fully saturated rings. The highest BCUT2D eigenvalue weighted by molar-refractivity contribution is 6.42. The van der Waals surface area contributed by atoms with E-state index in [9.17, 15) is 5.11 Å². The minimum Gasteiger partial charge on any atom is -0.388 e. The van der Waals surface area contributed by atoms with Gasteiger partial charge in [0.05, 0.1) is 16.1 Å². The van der Waals surface area contributed by atoms with Crippen LogP contribution in [-0.4, -0.2) is 18.2 Å². The van der Waals surface area contributed by atoms with Gasteiger partial charge >= 0.3 is 0 Å². The molecule has 1 heterocycles. The maximum atomic E-state index is 10.3. The molecule has 0 spiro atoms. The first-order chi connectivity index (χ1) is 7.70. The molecule has 1 aliphatic heterocycles. The van der Waals surface area contributed by atoms with Gasteiger partial charge in [0.25, 0.3) is 0 Å². The Morgan fingerprint density at radius 3 is 2.62 bits per heavy atom. The predicted octanol–water partition coefficient (Wildman–Crippen LogP) is 3.03. The minimum absolute atomic E-state index is 0.275. The van der Waals surface area contributed by atoms with Crippen LogP contribution >= 0.6 is 23.2 Å². The molecule has 1 aromatic rings. The average molecular weight is 260 g/mol. The van der Waals surface area contributed by atoms with E-state index in [1.54, 1.807) is 6.07 Å². The zero-order valence-corrected chi connectivity index (χ0v) is 10.4. The topological polar surface area (TPSA) is 32.3 Å². The van der Waals surface area contributed by atoms with Crippen molar-refractivity contribution < 1.29 is 5.11 Å². The molecule has 2 N–H and O–H groups in total. The van der Waals surface area contributed by atoms with Crippen LogP contribution in [0.2, 0.25) is 10.0 Å². The molecule has 2 rings (SSSR count). The van der Waals surface area contributed by atoms with Crippen LogP contribution in [0.1, 0.15) is 24.5 Å². The molecule has 0 amide bonds. The van der Waals surface area contributed by atoms with Crippen molar-refractivity contribution in [3.63, 3.8) is 0 Å². The molecule has 1 atom stereocenters. The van der Waals surface area contributed by atoms with Crippen LogP contribution in [0.5, 0.6) is 0 Å². The molecule has 0 aromatic heterocycles. The lowest BCUT2D eigenvalue weighted by Gasteiger charge is -2.28. The Morgan fingerprint density at radius 1 is 1.25 bits per heavy atom. The van der Waals surface area contributed by atoms with Gasteiger partial charge in [-0.1, -0.05) is 35.3 Å². The van der Waals surface area contributed by atoms with E-state index >= 15 is 0 Å². The zero-order chi connectivity index (χ0) is 11.5. The van der Waals surface area contributed by atoms with Crippen LogP contribution in [0.15, 0.2) is 18.2 Å². The normalized spacial score (nSPS) is 19.7. The number of rotatable bonds is 2. The average Bonchev–Trinajstić information content (AvgIpc) is 2.33. The van der Waals surface area contributed by atoms with Crippen LogP contribution in [0.3, 0.4) is 0 Å². The summed E-state index contributed by atoms with van der Waals surface area (Å²) in [6, 6.07) is 5.41. The van der Waals surface area contributed by atoms with Crippen LogP contribution in [0, 0.1) is 5.92 Å². The van der Waals surface area contributed by atoms with Crippen molar-refractivity contribution in [3.8, 4) is 0 Å². The van der Waals surface area contributed by atoms with E-state index < -0.39 is 6.10 Å². The summed E-state index contributed by atoms with van der Waals surface area (Å²) in [5.74, 6) is 0.275. The third-order valence-electron chi connectivity index (χ3n) is 3.13. The summed E-state index contributed by atoms with van der Waals surface area (Å²) in [6.07, 6.45) is 1.45. The minimum atomic E-state index is -0.506. The van der Waals surface area contributed by atoms with E-state index in [4.69, 9.17) is 23.2 Å². The van der Waals surface area contributed by atoms with E-state index in [0.717, 1.165) is 31.5 Å². The summed E-state index contributed by atoms with van der Waals surface area (Å²) in [6.45, 7) is 1.92. The fraction of sp³-hybridized carbons (Fsp3) is 0.500. The Kier molecular flexibility index (Phi) is 4.09. The van der Waals surface area contributed by atoms with Gasteiger partial charge in [0.1, 0.15) is 0 Å². The number of aliphatic hydroxyl groups excluding tert-OH is 1. The lowest BCUT2D eigenvalue weighted by atomic mass is 9.88. The summed E-state index contributed by atoms with van der Waals surface area (Å²) in [5, 5.41) is 14.5. The van der Waals surface area contributed by atoms with Crippen molar-refractivity contribution in [1.29, 1.82) is 0 Å². The van der Waals surface area contributed by atoms with Gasteiger partial charge in [-0.15, -0.1) is 0 Å². The van der Waals surface area contributed by atoms with Gasteiger partial charge in [0.15, 0.2) is 0 Å². The number of benzene rings is 1. The fourth-order valence-electron chi connectivity index (χ4n) is 2.16. The van der Waals surface area contributed by atoms with Crippen molar-refractivity contribution in [1.82, 2.24) is 5.32 Å². The number of hydrogen-bond donors (Lipinski definition) is 2. The first-order valence-electron chi connectivity index (χ1n) is 5.53. The number of piperidine rings is 1. The van der Waals surface area contributed by atoms with E-state index in [1.165, 1.54) is 0 Å². The van der Waals surface area contributed by atoms with Crippen LogP contribution < -0.4 is 5.32 Å². The first kappa shape index (κ1) is 12.2. The predicted molar refractivity (Wildman–Crippen MR) is 67.0 cm³/mol. The summed E-state index contributed by atoms with van der Waals surface area (Å²) in [4.78, 5) is 0. The fourth-order valence-corrected chi connectivity index (χ4v) is 2.58. The Morgan fingerprint density at radius 2 is 1.94 bits per heavy atom. The van der Waals surface area contributed by atoms with Gasteiger partial charge < -0.3 is 10.4 Å². The van der Waals surface area contributed by atoms with E-state index in [0.29, 0.717) is 10.0 Å². The Balaban J connectivity index is 2.19. The van der Waals surface area contributed by atoms with Crippen molar-refractivity contribution >= 4 is 23.2 Å². The lowest BCUT2D eigenvalue weighted by molar-refractivity contribution is 0.0890. The molecule has 2 nitrogen and oxygen atoms in total.